The minimum atomic E-state index is -0.556. The largest absolute Gasteiger partial charge is 0.434 e. The van der Waals surface area contributed by atoms with E-state index in [-0.39, 0.29) is 0 Å². The lowest BCUT2D eigenvalue weighted by atomic mass is 9.99. The summed E-state index contributed by atoms with van der Waals surface area (Å²) in [7, 11) is 0. The van der Waals surface area contributed by atoms with Crippen molar-refractivity contribution in [3.63, 3.8) is 0 Å². The number of aryl methyl sites for hydroxylation is 2. The highest BCUT2D eigenvalue weighted by molar-refractivity contribution is 5.78. The molecule has 0 aliphatic carbocycles. The summed E-state index contributed by atoms with van der Waals surface area (Å²) in [5.74, 6) is 0.575. The number of H-pyrrole nitrogens is 2. The van der Waals surface area contributed by atoms with E-state index >= 15 is 0 Å². The molecule has 0 atom stereocenters. The first-order valence-electron chi connectivity index (χ1n) is 9.66. The summed E-state index contributed by atoms with van der Waals surface area (Å²) < 4.78 is 6.85. The number of nitrogens with zero attached hydrogens (tertiary/aromatic N) is 3. The quantitative estimate of drug-likeness (QED) is 0.453. The highest BCUT2D eigenvalue weighted by atomic mass is 16.4. The van der Waals surface area contributed by atoms with Crippen molar-refractivity contribution in [2.24, 2.45) is 0 Å². The second-order valence-electron chi connectivity index (χ2n) is 7.38. The van der Waals surface area contributed by atoms with E-state index in [1.54, 1.807) is 0 Å². The SMILES string of the molecule is Cc1ccc(-c2ccc(-c3nc4cc[n+](Cc5n[nH]c(=O)o5)cc4[nH]3)cc2)cc1C. The fourth-order valence-electron chi connectivity index (χ4n) is 3.46. The standard InChI is InChI=1S/C23H19N5O2/c1-14-3-4-18(11-15(14)2)16-5-7-17(8-6-16)22-24-19-9-10-28(12-20(19)25-22)13-21-26-27-23(29)30-21/h3-12H,13H2,1-2H3,(H,27,29)/p+1. The van der Waals surface area contributed by atoms with Crippen molar-refractivity contribution in [1.82, 2.24) is 20.2 Å². The van der Waals surface area contributed by atoms with Crippen LogP contribution in [0.1, 0.15) is 17.0 Å². The van der Waals surface area contributed by atoms with Crippen LogP contribution in [0.25, 0.3) is 33.5 Å². The third kappa shape index (κ3) is 3.41. The third-order valence-corrected chi connectivity index (χ3v) is 5.28. The van der Waals surface area contributed by atoms with E-state index in [1.165, 1.54) is 22.3 Å². The molecule has 5 rings (SSSR count). The molecule has 0 radical (unpaired) electrons. The Labute approximate surface area is 172 Å². The summed E-state index contributed by atoms with van der Waals surface area (Å²) in [4.78, 5) is 19.2. The Hall–Kier alpha value is -4.00. The number of aromatic nitrogens is 5. The lowest BCUT2D eigenvalue weighted by Gasteiger charge is -2.06. The van der Waals surface area contributed by atoms with E-state index in [4.69, 9.17) is 9.40 Å². The maximum atomic E-state index is 11.1. The molecule has 30 heavy (non-hydrogen) atoms. The van der Waals surface area contributed by atoms with Crippen molar-refractivity contribution in [3.05, 3.63) is 88.5 Å². The summed E-state index contributed by atoms with van der Waals surface area (Å²) in [6, 6.07) is 16.8. The molecule has 0 saturated heterocycles. The summed E-state index contributed by atoms with van der Waals surface area (Å²) in [5.41, 5.74) is 7.74. The molecule has 0 amide bonds. The van der Waals surface area contributed by atoms with Crippen molar-refractivity contribution in [1.29, 1.82) is 0 Å². The van der Waals surface area contributed by atoms with Crippen LogP contribution in [0, 0.1) is 13.8 Å². The fourth-order valence-corrected chi connectivity index (χ4v) is 3.46. The number of rotatable bonds is 4. The Morgan fingerprint density at radius 3 is 2.47 bits per heavy atom. The topological polar surface area (TPSA) is 91.4 Å². The van der Waals surface area contributed by atoms with E-state index in [1.807, 2.05) is 23.0 Å². The van der Waals surface area contributed by atoms with E-state index in [0.29, 0.717) is 12.4 Å². The van der Waals surface area contributed by atoms with Gasteiger partial charge in [0.25, 0.3) is 5.89 Å². The van der Waals surface area contributed by atoms with Gasteiger partial charge < -0.3 is 9.40 Å². The van der Waals surface area contributed by atoms with Gasteiger partial charge in [0.05, 0.1) is 0 Å². The van der Waals surface area contributed by atoms with Gasteiger partial charge in [-0.1, -0.05) is 42.5 Å². The second kappa shape index (κ2) is 7.11. The molecule has 2 N–H and O–H groups in total. The molecule has 3 aromatic heterocycles. The molecule has 7 nitrogen and oxygen atoms in total. The van der Waals surface area contributed by atoms with E-state index in [9.17, 15) is 4.79 Å². The van der Waals surface area contributed by atoms with Gasteiger partial charge in [0.2, 0.25) is 6.54 Å². The molecule has 2 aromatic carbocycles. The molecule has 0 saturated carbocycles. The van der Waals surface area contributed by atoms with Gasteiger partial charge >= 0.3 is 5.76 Å². The van der Waals surface area contributed by atoms with Crippen LogP contribution in [0.2, 0.25) is 0 Å². The van der Waals surface area contributed by atoms with Crippen LogP contribution in [-0.4, -0.2) is 20.2 Å². The van der Waals surface area contributed by atoms with Crippen LogP contribution in [0.5, 0.6) is 0 Å². The van der Waals surface area contributed by atoms with E-state index < -0.39 is 5.76 Å². The third-order valence-electron chi connectivity index (χ3n) is 5.28. The van der Waals surface area contributed by atoms with Crippen LogP contribution in [0.4, 0.5) is 0 Å². The average molecular weight is 398 g/mol. The van der Waals surface area contributed by atoms with Crippen molar-refractivity contribution < 1.29 is 8.98 Å². The zero-order valence-electron chi connectivity index (χ0n) is 16.6. The Kier molecular flexibility index (Phi) is 4.28. The smallest absolute Gasteiger partial charge is 0.385 e. The lowest BCUT2D eigenvalue weighted by Crippen LogP contribution is -2.33. The maximum absolute atomic E-state index is 11.1. The zero-order chi connectivity index (χ0) is 20.7. The molecule has 0 unspecified atom stereocenters. The number of hydrogen-bond donors (Lipinski definition) is 2. The Morgan fingerprint density at radius 2 is 1.73 bits per heavy atom. The number of nitrogens with one attached hydrogen (secondary N) is 2. The summed E-state index contributed by atoms with van der Waals surface area (Å²) >= 11 is 0. The summed E-state index contributed by atoms with van der Waals surface area (Å²) in [5, 5.41) is 6.10. The monoisotopic (exact) mass is 398 g/mol. The Balaban J connectivity index is 1.42. The van der Waals surface area contributed by atoms with Crippen molar-refractivity contribution in [2.75, 3.05) is 0 Å². The van der Waals surface area contributed by atoms with Crippen LogP contribution in [0.3, 0.4) is 0 Å². The molecule has 3 heterocycles. The van der Waals surface area contributed by atoms with Crippen molar-refractivity contribution >= 4 is 11.0 Å². The van der Waals surface area contributed by atoms with Crippen LogP contribution in [0.15, 0.2) is 70.1 Å². The molecule has 7 heteroatoms. The van der Waals surface area contributed by atoms with Gasteiger partial charge in [-0.2, -0.15) is 4.57 Å². The maximum Gasteiger partial charge on any atom is 0.434 e. The zero-order valence-corrected chi connectivity index (χ0v) is 16.6. The van der Waals surface area contributed by atoms with Crippen molar-refractivity contribution in [2.45, 2.75) is 20.4 Å². The minimum Gasteiger partial charge on any atom is -0.385 e. The van der Waals surface area contributed by atoms with Crippen molar-refractivity contribution in [3.8, 4) is 22.5 Å². The molecule has 0 fully saturated rings. The van der Waals surface area contributed by atoms with Gasteiger partial charge in [-0.05, 0) is 36.1 Å². The van der Waals surface area contributed by atoms with E-state index in [0.717, 1.165) is 22.4 Å². The summed E-state index contributed by atoms with van der Waals surface area (Å²) in [6.45, 7) is 4.61. The van der Waals surface area contributed by atoms with Gasteiger partial charge in [-0.15, -0.1) is 5.10 Å². The van der Waals surface area contributed by atoms with Crippen LogP contribution in [-0.2, 0) is 6.54 Å². The number of aromatic amines is 2. The molecular weight excluding hydrogens is 378 g/mol. The van der Waals surface area contributed by atoms with Gasteiger partial charge in [-0.25, -0.2) is 14.9 Å². The molecule has 148 valence electrons. The molecular formula is C23H20N5O2+. The lowest BCUT2D eigenvalue weighted by molar-refractivity contribution is -0.689. The predicted molar refractivity (Wildman–Crippen MR) is 113 cm³/mol. The number of imidazole rings is 1. The van der Waals surface area contributed by atoms with Gasteiger partial charge in [0, 0.05) is 11.6 Å². The number of hydrogen-bond acceptors (Lipinski definition) is 4. The number of pyridine rings is 1. The van der Waals surface area contributed by atoms with Crippen LogP contribution < -0.4 is 10.3 Å². The normalized spacial score (nSPS) is 11.3. The highest BCUT2D eigenvalue weighted by Gasteiger charge is 2.13. The Bertz CT molecular complexity index is 1410. The first-order chi connectivity index (χ1) is 14.5. The average Bonchev–Trinajstić information content (AvgIpc) is 3.36. The minimum absolute atomic E-state index is 0.325. The van der Waals surface area contributed by atoms with Crippen LogP contribution >= 0.6 is 0 Å². The van der Waals surface area contributed by atoms with Gasteiger partial charge in [-0.3, -0.25) is 0 Å². The molecule has 0 bridgehead atoms. The number of fused-ring (bicyclic) bond motifs is 1. The molecule has 0 spiro atoms. The first-order valence-corrected chi connectivity index (χ1v) is 9.66. The Morgan fingerprint density at radius 1 is 0.967 bits per heavy atom. The van der Waals surface area contributed by atoms with E-state index in [2.05, 4.69) is 71.5 Å². The van der Waals surface area contributed by atoms with Gasteiger partial charge in [0.1, 0.15) is 16.9 Å². The first kappa shape index (κ1) is 18.1. The fraction of sp³-hybridized carbons (Fsp3) is 0.130. The predicted octanol–water partition coefficient (Wildman–Crippen LogP) is 3.53. The highest BCUT2D eigenvalue weighted by Crippen LogP contribution is 2.26. The summed E-state index contributed by atoms with van der Waals surface area (Å²) in [6.07, 6.45) is 3.80. The second-order valence-corrected chi connectivity index (χ2v) is 7.38. The van der Waals surface area contributed by atoms with Gasteiger partial charge in [0.15, 0.2) is 12.4 Å². The molecule has 0 aliphatic heterocycles. The molecule has 5 aromatic rings. The molecule has 0 aliphatic rings. The number of benzene rings is 2.